The number of allylic oxidation sites excluding steroid dienone is 8. The van der Waals surface area contributed by atoms with Gasteiger partial charge >= 0.3 is 6.09 Å². The predicted molar refractivity (Wildman–Crippen MR) is 129 cm³/mol. The van der Waals surface area contributed by atoms with E-state index in [0.29, 0.717) is 23.7 Å². The largest absolute Gasteiger partial charge is 0.446 e. The van der Waals surface area contributed by atoms with Crippen molar-refractivity contribution in [2.45, 2.75) is 71.8 Å². The highest BCUT2D eigenvalue weighted by Crippen LogP contribution is 2.36. The maximum atomic E-state index is 12.7. The number of amides is 1. The van der Waals surface area contributed by atoms with Gasteiger partial charge in [0.2, 0.25) is 0 Å². The lowest BCUT2D eigenvalue weighted by Crippen LogP contribution is -2.47. The van der Waals surface area contributed by atoms with Gasteiger partial charge in [0.25, 0.3) is 0 Å². The van der Waals surface area contributed by atoms with Crippen LogP contribution in [0.1, 0.15) is 65.7 Å². The zero-order chi connectivity index (χ0) is 22.1. The molecule has 1 N–H and O–H groups in total. The summed E-state index contributed by atoms with van der Waals surface area (Å²) >= 11 is 0. The van der Waals surface area contributed by atoms with Crippen molar-refractivity contribution in [2.75, 3.05) is 19.6 Å². The summed E-state index contributed by atoms with van der Waals surface area (Å²) < 4.78 is 5.91. The van der Waals surface area contributed by atoms with Gasteiger partial charge in [-0.25, -0.2) is 4.79 Å². The van der Waals surface area contributed by atoms with Crippen molar-refractivity contribution in [3.8, 4) is 0 Å². The smallest absolute Gasteiger partial charge is 0.411 e. The minimum absolute atomic E-state index is 0.0659. The Balaban J connectivity index is 1.48. The number of alkyl carbamates (subject to hydrolysis) is 1. The normalized spacial score (nSPS) is 29.8. The number of unbranched alkanes of at least 4 members (excludes halogenated alkanes) is 1. The van der Waals surface area contributed by atoms with Crippen LogP contribution < -0.4 is 5.32 Å². The number of nitrogens with one attached hydrogen (secondary N) is 1. The molecule has 1 amide bonds. The number of hydrogen-bond acceptors (Lipinski definition) is 3. The molecule has 1 heterocycles. The number of ether oxygens (including phenoxy) is 1. The summed E-state index contributed by atoms with van der Waals surface area (Å²) in [5, 5.41) is 3.10. The van der Waals surface area contributed by atoms with Crippen LogP contribution in [0.4, 0.5) is 4.79 Å². The minimum atomic E-state index is -0.269. The van der Waals surface area contributed by atoms with Crippen LogP contribution in [0.15, 0.2) is 48.2 Å². The van der Waals surface area contributed by atoms with Gasteiger partial charge in [-0.05, 0) is 68.9 Å². The molecular weight excluding hydrogens is 384 g/mol. The lowest BCUT2D eigenvalue weighted by Gasteiger charge is -2.43. The van der Waals surface area contributed by atoms with E-state index in [9.17, 15) is 4.79 Å². The summed E-state index contributed by atoms with van der Waals surface area (Å²) in [6.07, 6.45) is 22.4. The summed E-state index contributed by atoms with van der Waals surface area (Å²) in [6.45, 7) is 10.1. The molecule has 172 valence electrons. The van der Waals surface area contributed by atoms with E-state index < -0.39 is 0 Å². The number of nitrogens with zero attached hydrogens (tertiary/aromatic N) is 1. The monoisotopic (exact) mass is 426 g/mol. The first-order chi connectivity index (χ1) is 15.1. The van der Waals surface area contributed by atoms with Crippen molar-refractivity contribution in [1.82, 2.24) is 10.2 Å². The van der Waals surface area contributed by atoms with Gasteiger partial charge in [-0.2, -0.15) is 0 Å². The Labute approximate surface area is 189 Å². The quantitative estimate of drug-likeness (QED) is 0.444. The van der Waals surface area contributed by atoms with Crippen molar-refractivity contribution >= 4 is 6.09 Å². The standard InChI is InChI=1S/C27H42N2O2/c1-4-6-7-8-9-10-13-21(3)25-14-11-12-15-26(25)28-27(30)31-24-17-22-16-23(18-24)20-29(5-2)19-22/h7-12,15,21-25H,4-6,13-14,16-20H2,1-3H3,(H,28,30)/b8-7-,10-9-/t21?,22-,23+,24-,25?. The topological polar surface area (TPSA) is 41.6 Å². The highest BCUT2D eigenvalue weighted by atomic mass is 16.6. The van der Waals surface area contributed by atoms with Crippen LogP contribution in [-0.4, -0.2) is 36.7 Å². The van der Waals surface area contributed by atoms with E-state index >= 15 is 0 Å². The molecule has 4 nitrogen and oxygen atoms in total. The van der Waals surface area contributed by atoms with Crippen molar-refractivity contribution < 1.29 is 9.53 Å². The summed E-state index contributed by atoms with van der Waals surface area (Å²) in [7, 11) is 0. The Morgan fingerprint density at radius 2 is 1.94 bits per heavy atom. The van der Waals surface area contributed by atoms with Gasteiger partial charge in [0, 0.05) is 24.7 Å². The van der Waals surface area contributed by atoms with Crippen molar-refractivity contribution in [2.24, 2.45) is 23.7 Å². The van der Waals surface area contributed by atoms with Crippen molar-refractivity contribution in [3.63, 3.8) is 0 Å². The third-order valence-electron chi connectivity index (χ3n) is 7.09. The number of carbonyl (C=O) groups excluding carboxylic acids is 1. The van der Waals surface area contributed by atoms with Crippen molar-refractivity contribution in [3.05, 3.63) is 48.2 Å². The van der Waals surface area contributed by atoms with Crippen LogP contribution in [0.25, 0.3) is 0 Å². The molecule has 1 aliphatic heterocycles. The molecule has 0 radical (unpaired) electrons. The molecule has 3 aliphatic rings. The Bertz CT molecular complexity index is 679. The average Bonchev–Trinajstić information content (AvgIpc) is 2.75. The molecule has 2 unspecified atom stereocenters. The number of rotatable bonds is 9. The third-order valence-corrected chi connectivity index (χ3v) is 7.09. The molecule has 2 bridgehead atoms. The van der Waals surface area contributed by atoms with E-state index in [-0.39, 0.29) is 12.2 Å². The van der Waals surface area contributed by atoms with Crippen LogP contribution in [0.5, 0.6) is 0 Å². The number of piperidine rings is 1. The molecule has 1 saturated carbocycles. The molecule has 2 aliphatic carbocycles. The van der Waals surface area contributed by atoms with Crippen LogP contribution in [-0.2, 0) is 4.74 Å². The molecule has 0 aromatic heterocycles. The van der Waals surface area contributed by atoms with Crippen LogP contribution >= 0.6 is 0 Å². The molecule has 0 aromatic carbocycles. The van der Waals surface area contributed by atoms with Gasteiger partial charge in [-0.15, -0.1) is 0 Å². The molecule has 1 saturated heterocycles. The maximum Gasteiger partial charge on any atom is 0.411 e. The van der Waals surface area contributed by atoms with E-state index in [1.165, 1.54) is 12.8 Å². The Hall–Kier alpha value is -1.81. The van der Waals surface area contributed by atoms with Gasteiger partial charge in [0.15, 0.2) is 0 Å². The first-order valence-corrected chi connectivity index (χ1v) is 12.5. The summed E-state index contributed by atoms with van der Waals surface area (Å²) in [5.74, 6) is 2.13. The number of carbonyl (C=O) groups is 1. The molecule has 5 atom stereocenters. The number of likely N-dealkylation sites (tertiary alicyclic amines) is 1. The molecule has 0 aromatic rings. The fourth-order valence-electron chi connectivity index (χ4n) is 5.46. The fourth-order valence-corrected chi connectivity index (χ4v) is 5.46. The van der Waals surface area contributed by atoms with E-state index in [0.717, 1.165) is 57.4 Å². The molecule has 4 heteroatoms. The van der Waals surface area contributed by atoms with Crippen LogP contribution in [0.2, 0.25) is 0 Å². The van der Waals surface area contributed by atoms with E-state index in [1.807, 2.05) is 12.2 Å². The van der Waals surface area contributed by atoms with E-state index in [4.69, 9.17) is 4.74 Å². The van der Waals surface area contributed by atoms with Gasteiger partial charge < -0.3 is 9.64 Å². The summed E-state index contributed by atoms with van der Waals surface area (Å²) in [5.41, 5.74) is 1.00. The van der Waals surface area contributed by atoms with Gasteiger partial charge in [0.1, 0.15) is 6.10 Å². The lowest BCUT2D eigenvalue weighted by molar-refractivity contribution is -0.00146. The second-order valence-corrected chi connectivity index (χ2v) is 9.69. The van der Waals surface area contributed by atoms with Crippen molar-refractivity contribution in [1.29, 1.82) is 0 Å². The fraction of sp³-hybridized carbons (Fsp3) is 0.667. The first-order valence-electron chi connectivity index (χ1n) is 12.5. The molecular formula is C27H42N2O2. The molecule has 2 fully saturated rings. The van der Waals surface area contributed by atoms with E-state index in [2.05, 4.69) is 61.4 Å². The highest BCUT2D eigenvalue weighted by molar-refractivity contribution is 5.70. The number of fused-ring (bicyclic) bond motifs is 2. The average molecular weight is 427 g/mol. The Morgan fingerprint density at radius 3 is 2.65 bits per heavy atom. The molecule has 31 heavy (non-hydrogen) atoms. The Kier molecular flexibility index (Phi) is 9.45. The van der Waals surface area contributed by atoms with Gasteiger partial charge in [-0.1, -0.05) is 63.6 Å². The zero-order valence-electron chi connectivity index (χ0n) is 19.8. The summed E-state index contributed by atoms with van der Waals surface area (Å²) in [6, 6.07) is 0. The second-order valence-electron chi connectivity index (χ2n) is 9.69. The molecule has 3 rings (SSSR count). The van der Waals surface area contributed by atoms with Gasteiger partial charge in [-0.3, -0.25) is 5.32 Å². The zero-order valence-corrected chi connectivity index (χ0v) is 19.8. The van der Waals surface area contributed by atoms with Crippen LogP contribution in [0, 0.1) is 23.7 Å². The highest BCUT2D eigenvalue weighted by Gasteiger charge is 2.36. The minimum Gasteiger partial charge on any atom is -0.446 e. The summed E-state index contributed by atoms with van der Waals surface area (Å²) in [4.78, 5) is 15.3. The second kappa shape index (κ2) is 12.3. The third kappa shape index (κ3) is 7.38. The number of hydrogen-bond donors (Lipinski definition) is 1. The molecule has 0 spiro atoms. The predicted octanol–water partition coefficient (Wildman–Crippen LogP) is 6.23. The lowest BCUT2D eigenvalue weighted by atomic mass is 9.76. The SMILES string of the molecule is CCC/C=C\C=C/CC(C)C1CC=CC=C1NC(=O)O[C@@H]1C[C@H]2C[C@@H](C1)CN(CC)C2. The van der Waals surface area contributed by atoms with E-state index in [1.54, 1.807) is 0 Å². The van der Waals surface area contributed by atoms with Gasteiger partial charge in [0.05, 0.1) is 0 Å². The first kappa shape index (κ1) is 23.8. The Morgan fingerprint density at radius 1 is 1.19 bits per heavy atom. The van der Waals surface area contributed by atoms with Crippen LogP contribution in [0.3, 0.4) is 0 Å². The maximum absolute atomic E-state index is 12.7.